The van der Waals surface area contributed by atoms with Crippen LogP contribution in [0.4, 0.5) is 0 Å². The molecule has 0 saturated heterocycles. The standard InChI is InChI=1S/C17H27N3O4S/c1-12(16(22)18-11-15(21)20(5)6)19-25(23,24)14-9-7-13(8-10-14)17(2,3)4/h7-10,12,19H,11H2,1-6H3,(H,18,22)/t12-/m0/s1. The third kappa shape index (κ3) is 6.13. The van der Waals surface area contributed by atoms with E-state index in [1.54, 1.807) is 26.2 Å². The summed E-state index contributed by atoms with van der Waals surface area (Å²) in [6, 6.07) is 5.55. The SMILES string of the molecule is C[C@H](NS(=O)(=O)c1ccc(C(C)(C)C)cc1)C(=O)NCC(=O)N(C)C. The van der Waals surface area contributed by atoms with E-state index in [4.69, 9.17) is 0 Å². The molecule has 0 heterocycles. The molecule has 1 aromatic carbocycles. The van der Waals surface area contributed by atoms with Crippen LogP contribution in [-0.2, 0) is 25.0 Å². The second kappa shape index (κ2) is 7.97. The number of carbonyl (C=O) groups excluding carboxylic acids is 2. The zero-order chi connectivity index (χ0) is 19.4. The van der Waals surface area contributed by atoms with Crippen molar-refractivity contribution >= 4 is 21.8 Å². The largest absolute Gasteiger partial charge is 0.347 e. The van der Waals surface area contributed by atoms with Crippen molar-refractivity contribution in [2.24, 2.45) is 0 Å². The minimum atomic E-state index is -3.83. The van der Waals surface area contributed by atoms with Crippen LogP contribution >= 0.6 is 0 Å². The van der Waals surface area contributed by atoms with E-state index in [-0.39, 0.29) is 22.8 Å². The van der Waals surface area contributed by atoms with Gasteiger partial charge in [0.05, 0.1) is 17.5 Å². The van der Waals surface area contributed by atoms with Crippen molar-refractivity contribution in [3.8, 4) is 0 Å². The highest BCUT2D eigenvalue weighted by molar-refractivity contribution is 7.89. The van der Waals surface area contributed by atoms with Gasteiger partial charge in [0, 0.05) is 14.1 Å². The highest BCUT2D eigenvalue weighted by Gasteiger charge is 2.23. The van der Waals surface area contributed by atoms with Gasteiger partial charge in [-0.3, -0.25) is 9.59 Å². The van der Waals surface area contributed by atoms with Gasteiger partial charge in [0.2, 0.25) is 21.8 Å². The number of nitrogens with one attached hydrogen (secondary N) is 2. The molecule has 0 bridgehead atoms. The van der Waals surface area contributed by atoms with E-state index in [0.717, 1.165) is 5.56 Å². The van der Waals surface area contributed by atoms with Gasteiger partial charge >= 0.3 is 0 Å². The molecular weight excluding hydrogens is 342 g/mol. The van der Waals surface area contributed by atoms with Gasteiger partial charge < -0.3 is 10.2 Å². The van der Waals surface area contributed by atoms with Gasteiger partial charge in [0.25, 0.3) is 0 Å². The molecule has 7 nitrogen and oxygen atoms in total. The van der Waals surface area contributed by atoms with E-state index < -0.39 is 22.0 Å². The van der Waals surface area contributed by atoms with Crippen LogP contribution in [0.1, 0.15) is 33.3 Å². The molecule has 2 amide bonds. The maximum atomic E-state index is 12.4. The van der Waals surface area contributed by atoms with Crippen LogP contribution in [0, 0.1) is 0 Å². The fraction of sp³-hybridized carbons (Fsp3) is 0.529. The molecule has 140 valence electrons. The molecule has 1 rings (SSSR count). The lowest BCUT2D eigenvalue weighted by Gasteiger charge is -2.19. The smallest absolute Gasteiger partial charge is 0.241 e. The third-order valence-electron chi connectivity index (χ3n) is 3.67. The van der Waals surface area contributed by atoms with Gasteiger partial charge in [-0.1, -0.05) is 32.9 Å². The van der Waals surface area contributed by atoms with E-state index >= 15 is 0 Å². The van der Waals surface area contributed by atoms with Crippen molar-refractivity contribution in [1.29, 1.82) is 0 Å². The van der Waals surface area contributed by atoms with Crippen molar-refractivity contribution in [2.75, 3.05) is 20.6 Å². The Hall–Kier alpha value is -1.93. The summed E-state index contributed by atoms with van der Waals surface area (Å²) in [5, 5.41) is 2.41. The molecule has 1 aromatic rings. The summed E-state index contributed by atoms with van der Waals surface area (Å²) in [4.78, 5) is 24.8. The number of hydrogen-bond donors (Lipinski definition) is 2. The maximum absolute atomic E-state index is 12.4. The molecule has 0 aromatic heterocycles. The second-order valence-corrected chi connectivity index (χ2v) is 8.84. The van der Waals surface area contributed by atoms with Crippen LogP contribution in [-0.4, -0.2) is 51.8 Å². The normalized spacial score (nSPS) is 13.2. The Bertz CT molecular complexity index is 719. The molecule has 0 unspecified atom stereocenters. The number of sulfonamides is 1. The first-order chi connectivity index (χ1) is 11.3. The van der Waals surface area contributed by atoms with Crippen molar-refractivity contribution in [1.82, 2.24) is 14.9 Å². The second-order valence-electron chi connectivity index (χ2n) is 7.12. The van der Waals surface area contributed by atoms with E-state index in [1.165, 1.54) is 24.0 Å². The number of benzene rings is 1. The summed E-state index contributed by atoms with van der Waals surface area (Å²) < 4.78 is 27.1. The van der Waals surface area contributed by atoms with Gasteiger partial charge in [-0.2, -0.15) is 4.72 Å². The molecule has 0 radical (unpaired) electrons. The number of hydrogen-bond acceptors (Lipinski definition) is 4. The van der Waals surface area contributed by atoms with Crippen LogP contribution < -0.4 is 10.0 Å². The predicted molar refractivity (Wildman–Crippen MR) is 96.6 cm³/mol. The van der Waals surface area contributed by atoms with Gasteiger partial charge in [-0.15, -0.1) is 0 Å². The highest BCUT2D eigenvalue weighted by Crippen LogP contribution is 2.23. The van der Waals surface area contributed by atoms with Gasteiger partial charge in [-0.25, -0.2) is 8.42 Å². The molecule has 25 heavy (non-hydrogen) atoms. The molecule has 8 heteroatoms. The number of nitrogens with zero attached hydrogens (tertiary/aromatic N) is 1. The number of rotatable bonds is 6. The quantitative estimate of drug-likeness (QED) is 0.777. The Morgan fingerprint density at radius 3 is 2.08 bits per heavy atom. The Labute approximate surface area is 149 Å². The first-order valence-corrected chi connectivity index (χ1v) is 9.43. The topological polar surface area (TPSA) is 95.6 Å². The van der Waals surface area contributed by atoms with Gasteiger partial charge in [-0.05, 0) is 30.0 Å². The van der Waals surface area contributed by atoms with Crippen LogP contribution in [0.2, 0.25) is 0 Å². The Morgan fingerprint density at radius 1 is 1.12 bits per heavy atom. The Balaban J connectivity index is 2.76. The van der Waals surface area contributed by atoms with Gasteiger partial charge in [0.1, 0.15) is 0 Å². The van der Waals surface area contributed by atoms with Crippen LogP contribution in [0.25, 0.3) is 0 Å². The summed E-state index contributed by atoms with van der Waals surface area (Å²) in [6.07, 6.45) is 0. The maximum Gasteiger partial charge on any atom is 0.241 e. The zero-order valence-electron chi connectivity index (χ0n) is 15.6. The summed E-state index contributed by atoms with van der Waals surface area (Å²) in [5.74, 6) is -0.841. The first-order valence-electron chi connectivity index (χ1n) is 7.95. The molecule has 0 spiro atoms. The summed E-state index contributed by atoms with van der Waals surface area (Å²) >= 11 is 0. The summed E-state index contributed by atoms with van der Waals surface area (Å²) in [6.45, 7) is 7.36. The molecule has 2 N–H and O–H groups in total. The molecule has 0 saturated carbocycles. The number of carbonyl (C=O) groups is 2. The zero-order valence-corrected chi connectivity index (χ0v) is 16.4. The van der Waals surface area contributed by atoms with E-state index in [0.29, 0.717) is 0 Å². The molecule has 0 aliphatic heterocycles. The van der Waals surface area contributed by atoms with Crippen LogP contribution in [0.5, 0.6) is 0 Å². The molecule has 0 fully saturated rings. The minimum absolute atomic E-state index is 0.0815. The molecular formula is C17H27N3O4S. The fourth-order valence-electron chi connectivity index (χ4n) is 1.96. The van der Waals surface area contributed by atoms with Crippen molar-refractivity contribution in [2.45, 2.75) is 44.0 Å². The molecule has 0 aliphatic rings. The van der Waals surface area contributed by atoms with Crippen LogP contribution in [0.3, 0.4) is 0 Å². The summed E-state index contributed by atoms with van der Waals surface area (Å²) in [7, 11) is -0.685. The lowest BCUT2D eigenvalue weighted by atomic mass is 9.87. The first kappa shape index (κ1) is 21.1. The summed E-state index contributed by atoms with van der Waals surface area (Å²) in [5.41, 5.74) is 0.932. The fourth-order valence-corrected chi connectivity index (χ4v) is 3.17. The van der Waals surface area contributed by atoms with Gasteiger partial charge in [0.15, 0.2) is 0 Å². The molecule has 1 atom stereocenters. The average Bonchev–Trinajstić information content (AvgIpc) is 2.50. The minimum Gasteiger partial charge on any atom is -0.347 e. The monoisotopic (exact) mass is 369 g/mol. The van der Waals surface area contributed by atoms with Crippen molar-refractivity contribution in [3.63, 3.8) is 0 Å². The van der Waals surface area contributed by atoms with Crippen molar-refractivity contribution < 1.29 is 18.0 Å². The predicted octanol–water partition coefficient (Wildman–Crippen LogP) is 0.855. The third-order valence-corrected chi connectivity index (χ3v) is 5.23. The van der Waals surface area contributed by atoms with Crippen LogP contribution in [0.15, 0.2) is 29.2 Å². The lowest BCUT2D eigenvalue weighted by Crippen LogP contribution is -2.47. The lowest BCUT2D eigenvalue weighted by molar-refractivity contribution is -0.131. The number of likely N-dealkylation sites (N-methyl/N-ethyl adjacent to an activating group) is 1. The van der Waals surface area contributed by atoms with E-state index in [2.05, 4.69) is 10.0 Å². The molecule has 0 aliphatic carbocycles. The number of amides is 2. The van der Waals surface area contributed by atoms with E-state index in [1.807, 2.05) is 20.8 Å². The van der Waals surface area contributed by atoms with E-state index in [9.17, 15) is 18.0 Å². The Morgan fingerprint density at radius 2 is 1.64 bits per heavy atom. The van der Waals surface area contributed by atoms with Crippen molar-refractivity contribution in [3.05, 3.63) is 29.8 Å². The Kier molecular flexibility index (Phi) is 6.73. The highest BCUT2D eigenvalue weighted by atomic mass is 32.2. The average molecular weight is 369 g/mol.